The van der Waals surface area contributed by atoms with Crippen LogP contribution in [-0.2, 0) is 13.1 Å². The van der Waals surface area contributed by atoms with Gasteiger partial charge in [-0.25, -0.2) is 9.97 Å². The Balaban J connectivity index is 1.67. The molecule has 2 aromatic heterocycles. The van der Waals surface area contributed by atoms with E-state index in [1.165, 1.54) is 0 Å². The fourth-order valence-electron chi connectivity index (χ4n) is 5.40. The van der Waals surface area contributed by atoms with E-state index in [-0.39, 0.29) is 11.4 Å². The van der Waals surface area contributed by atoms with Crippen LogP contribution in [0, 0.1) is 45.3 Å². The van der Waals surface area contributed by atoms with Gasteiger partial charge in [-0.3, -0.25) is 0 Å². The fraction of sp³-hybridized carbons (Fsp3) is 0.333. The van der Waals surface area contributed by atoms with Crippen LogP contribution in [0.15, 0.2) is 36.4 Å². The first-order chi connectivity index (χ1) is 21.6. The van der Waals surface area contributed by atoms with Crippen LogP contribution in [0.25, 0.3) is 35.1 Å². The number of unbranched alkanes of at least 4 members (excludes halogenated alkanes) is 6. The lowest BCUT2D eigenvalue weighted by Crippen LogP contribution is -2.04. The molecule has 4 rings (SSSR count). The van der Waals surface area contributed by atoms with Crippen LogP contribution in [-0.4, -0.2) is 19.1 Å². The lowest BCUT2D eigenvalue weighted by atomic mass is 9.99. The molecule has 0 fully saturated rings. The molecule has 44 heavy (non-hydrogen) atoms. The van der Waals surface area contributed by atoms with Crippen LogP contribution in [0.1, 0.15) is 111 Å². The molecule has 0 radical (unpaired) electrons. The number of benzene rings is 2. The second kappa shape index (κ2) is 15.7. The van der Waals surface area contributed by atoms with Crippen molar-refractivity contribution in [2.45, 2.75) is 78.3 Å². The van der Waals surface area contributed by atoms with Crippen LogP contribution < -0.4 is 0 Å². The van der Waals surface area contributed by atoms with Crippen molar-refractivity contribution in [3.8, 4) is 24.3 Å². The second-order valence-electron chi connectivity index (χ2n) is 10.7. The third-order valence-corrected chi connectivity index (χ3v) is 7.70. The number of hydrogen-bond acceptors (Lipinski definition) is 6. The van der Waals surface area contributed by atoms with Crippen molar-refractivity contribution in [3.05, 3.63) is 81.9 Å². The van der Waals surface area contributed by atoms with Crippen molar-refractivity contribution < 1.29 is 0 Å². The zero-order valence-corrected chi connectivity index (χ0v) is 25.4. The Morgan fingerprint density at radius 1 is 0.568 bits per heavy atom. The zero-order chi connectivity index (χ0) is 31.3. The Morgan fingerprint density at radius 2 is 1.00 bits per heavy atom. The lowest BCUT2D eigenvalue weighted by molar-refractivity contribution is 0.576. The van der Waals surface area contributed by atoms with Gasteiger partial charge in [0, 0.05) is 13.1 Å². The molecule has 0 bridgehead atoms. The highest BCUT2D eigenvalue weighted by atomic mass is 15.1. The molecule has 0 N–H and O–H groups in total. The smallest absolute Gasteiger partial charge is 0.177 e. The Bertz CT molecular complexity index is 1700. The number of imidazole rings is 2. The number of nitriles is 4. The normalized spacial score (nSPS) is 11.1. The molecule has 8 heteroatoms. The molecule has 4 aromatic rings. The molecule has 220 valence electrons. The van der Waals surface area contributed by atoms with Gasteiger partial charge < -0.3 is 9.13 Å². The van der Waals surface area contributed by atoms with E-state index in [9.17, 15) is 21.0 Å². The van der Waals surface area contributed by atoms with E-state index in [0.29, 0.717) is 36.1 Å². The highest BCUT2D eigenvalue weighted by molar-refractivity contribution is 5.98. The molecule has 0 saturated heterocycles. The number of fused-ring (bicyclic) bond motifs is 1. The average molecular weight is 581 g/mol. The summed E-state index contributed by atoms with van der Waals surface area (Å²) in [6, 6.07) is 20.6. The van der Waals surface area contributed by atoms with Crippen molar-refractivity contribution in [1.82, 2.24) is 19.1 Å². The molecule has 2 heterocycles. The predicted molar refractivity (Wildman–Crippen MR) is 173 cm³/mol. The highest BCUT2D eigenvalue weighted by Gasteiger charge is 2.16. The Labute approximate surface area is 259 Å². The molecule has 0 aliphatic rings. The predicted octanol–water partition coefficient (Wildman–Crippen LogP) is 8.22. The van der Waals surface area contributed by atoms with E-state index >= 15 is 0 Å². The largest absolute Gasteiger partial charge is 0.315 e. The van der Waals surface area contributed by atoms with E-state index in [4.69, 9.17) is 0 Å². The topological polar surface area (TPSA) is 131 Å². The van der Waals surface area contributed by atoms with Gasteiger partial charge >= 0.3 is 0 Å². The number of rotatable bonds is 14. The minimum Gasteiger partial charge on any atom is -0.315 e. The summed E-state index contributed by atoms with van der Waals surface area (Å²) in [6.45, 7) is 5.59. The molecule has 0 amide bonds. The monoisotopic (exact) mass is 580 g/mol. The number of hydrogen-bond donors (Lipinski definition) is 0. The third-order valence-electron chi connectivity index (χ3n) is 7.70. The first kappa shape index (κ1) is 31.5. The summed E-state index contributed by atoms with van der Waals surface area (Å²) < 4.78 is 3.69. The summed E-state index contributed by atoms with van der Waals surface area (Å²) in [5.74, 6) is 1.19. The quantitative estimate of drug-likeness (QED) is 0.138. The van der Waals surface area contributed by atoms with Crippen LogP contribution in [0.2, 0.25) is 0 Å². The number of nitrogens with zero attached hydrogens (tertiary/aromatic N) is 8. The van der Waals surface area contributed by atoms with Gasteiger partial charge in [0.1, 0.15) is 35.9 Å². The van der Waals surface area contributed by atoms with Crippen LogP contribution in [0.3, 0.4) is 0 Å². The standard InChI is InChI=1S/C36H36N8/c1-3-5-7-9-21-43-33(25-39)31(23-37)41-35(43)19-17-27-13-11-16-30-28(14-12-15-29(27)30)18-20-36-42-32(24-38)34(26-40)44(36)22-10-8-6-4-2/h11-20H,3-10,21-22H2,1-2H3/b19-17+,20-18+. The minimum atomic E-state index is 0.149. The van der Waals surface area contributed by atoms with Gasteiger partial charge in [0.25, 0.3) is 0 Å². The Hall–Kier alpha value is -5.44. The lowest BCUT2D eigenvalue weighted by Gasteiger charge is -2.08. The van der Waals surface area contributed by atoms with Gasteiger partial charge in [0.15, 0.2) is 22.8 Å². The van der Waals surface area contributed by atoms with E-state index in [1.807, 2.05) is 57.7 Å². The Morgan fingerprint density at radius 3 is 1.36 bits per heavy atom. The van der Waals surface area contributed by atoms with Crippen LogP contribution in [0.4, 0.5) is 0 Å². The molecule has 8 nitrogen and oxygen atoms in total. The molecule has 0 unspecified atom stereocenters. The van der Waals surface area contributed by atoms with Gasteiger partial charge in [-0.15, -0.1) is 0 Å². The van der Waals surface area contributed by atoms with E-state index in [1.54, 1.807) is 0 Å². The maximum Gasteiger partial charge on any atom is 0.177 e. The first-order valence-electron chi connectivity index (χ1n) is 15.3. The maximum atomic E-state index is 9.73. The summed E-state index contributed by atoms with van der Waals surface area (Å²) >= 11 is 0. The average Bonchev–Trinajstić information content (AvgIpc) is 3.59. The molecule has 0 atom stereocenters. The molecule has 0 spiro atoms. The van der Waals surface area contributed by atoms with Gasteiger partial charge in [0.05, 0.1) is 0 Å². The number of aromatic nitrogens is 4. The second-order valence-corrected chi connectivity index (χ2v) is 10.7. The van der Waals surface area contributed by atoms with Crippen molar-refractivity contribution >= 4 is 35.1 Å². The maximum absolute atomic E-state index is 9.73. The molecule has 0 aliphatic heterocycles. The van der Waals surface area contributed by atoms with E-state index in [2.05, 4.69) is 60.2 Å². The molecular formula is C36H36N8. The van der Waals surface area contributed by atoms with Crippen molar-refractivity contribution in [1.29, 1.82) is 21.0 Å². The summed E-state index contributed by atoms with van der Waals surface area (Å²) in [5.41, 5.74) is 2.86. The summed E-state index contributed by atoms with van der Waals surface area (Å²) in [5, 5.41) is 40.7. The van der Waals surface area contributed by atoms with E-state index < -0.39 is 0 Å². The summed E-state index contributed by atoms with van der Waals surface area (Å²) in [4.78, 5) is 8.93. The Kier molecular flexibility index (Phi) is 11.2. The van der Waals surface area contributed by atoms with Crippen molar-refractivity contribution in [2.24, 2.45) is 0 Å². The SMILES string of the molecule is CCCCCCn1c(/C=C/c2cccc3c(/C=C/c4nc(C#N)c(C#N)n4CCCCCC)cccc23)nc(C#N)c1C#N. The van der Waals surface area contributed by atoms with Crippen molar-refractivity contribution in [3.63, 3.8) is 0 Å². The summed E-state index contributed by atoms with van der Waals surface area (Å²) in [7, 11) is 0. The molecule has 2 aromatic carbocycles. The van der Waals surface area contributed by atoms with Gasteiger partial charge in [-0.2, -0.15) is 21.0 Å². The summed E-state index contributed by atoms with van der Waals surface area (Å²) in [6.07, 6.45) is 16.1. The molecule has 0 aliphatic carbocycles. The van der Waals surface area contributed by atoms with Gasteiger partial charge in [-0.05, 0) is 46.9 Å². The van der Waals surface area contributed by atoms with Crippen LogP contribution >= 0.6 is 0 Å². The fourth-order valence-corrected chi connectivity index (χ4v) is 5.40. The van der Waals surface area contributed by atoms with Crippen molar-refractivity contribution in [2.75, 3.05) is 0 Å². The zero-order valence-electron chi connectivity index (χ0n) is 25.4. The van der Waals surface area contributed by atoms with Gasteiger partial charge in [-0.1, -0.05) is 101 Å². The minimum absolute atomic E-state index is 0.149. The van der Waals surface area contributed by atoms with E-state index in [0.717, 1.165) is 73.3 Å². The third kappa shape index (κ3) is 7.12. The molecular weight excluding hydrogens is 544 g/mol. The highest BCUT2D eigenvalue weighted by Crippen LogP contribution is 2.26. The van der Waals surface area contributed by atoms with Gasteiger partial charge in [0.2, 0.25) is 0 Å². The van der Waals surface area contributed by atoms with Crippen LogP contribution in [0.5, 0.6) is 0 Å². The molecule has 0 saturated carbocycles. The first-order valence-corrected chi connectivity index (χ1v) is 15.3.